The fraction of sp³-hybridized carbons (Fsp3) is 0.583. The molecule has 2 N–H and O–H groups in total. The Bertz CT molecular complexity index is 446. The van der Waals surface area contributed by atoms with E-state index in [4.69, 9.17) is 5.73 Å². The van der Waals surface area contributed by atoms with E-state index in [1.165, 1.54) is 12.6 Å². The molecule has 1 aromatic rings. The lowest BCUT2D eigenvalue weighted by atomic mass is 9.96. The van der Waals surface area contributed by atoms with Crippen LogP contribution in [0.5, 0.6) is 0 Å². The monoisotopic (exact) mass is 232 g/mol. The maximum absolute atomic E-state index is 11.0. The van der Waals surface area contributed by atoms with Gasteiger partial charge in [0.15, 0.2) is 0 Å². The summed E-state index contributed by atoms with van der Waals surface area (Å²) in [5, 5.41) is 13.3. The van der Waals surface area contributed by atoms with Crippen LogP contribution in [0.3, 0.4) is 0 Å². The maximum Gasteiger partial charge on any atom is 0.251 e. The molecule has 90 valence electrons. The van der Waals surface area contributed by atoms with Gasteiger partial charge >= 0.3 is 0 Å². The standard InChI is InChI=1S/C12H16N4O/c13-6-9-4-2-1-3-5-11(9)16-8-10(7-15-16)12(14)17/h7-9,11H,1-5H2,(H2,14,17). The highest BCUT2D eigenvalue weighted by atomic mass is 16.1. The molecule has 1 fully saturated rings. The third-order valence-corrected chi connectivity index (χ3v) is 3.37. The number of carbonyl (C=O) groups is 1. The van der Waals surface area contributed by atoms with Gasteiger partial charge in [-0.15, -0.1) is 0 Å². The number of primary amides is 1. The number of hydrogen-bond acceptors (Lipinski definition) is 3. The first-order chi connectivity index (χ1) is 8.22. The predicted octanol–water partition coefficient (Wildman–Crippen LogP) is 1.63. The van der Waals surface area contributed by atoms with Crippen LogP contribution in [0.1, 0.15) is 48.5 Å². The molecule has 0 aromatic carbocycles. The SMILES string of the molecule is N#CC1CCCCCC1n1cc(C(N)=O)cn1. The molecule has 1 aliphatic carbocycles. The van der Waals surface area contributed by atoms with Crippen LogP contribution in [-0.4, -0.2) is 15.7 Å². The number of aromatic nitrogens is 2. The van der Waals surface area contributed by atoms with Gasteiger partial charge in [-0.1, -0.05) is 19.3 Å². The van der Waals surface area contributed by atoms with Gasteiger partial charge in [0.1, 0.15) is 0 Å². The Morgan fingerprint density at radius 3 is 2.88 bits per heavy atom. The fourth-order valence-electron chi connectivity index (χ4n) is 2.40. The summed E-state index contributed by atoms with van der Waals surface area (Å²) in [6.07, 6.45) is 8.35. The zero-order valence-corrected chi connectivity index (χ0v) is 9.67. The van der Waals surface area contributed by atoms with Gasteiger partial charge in [-0.25, -0.2) is 0 Å². The lowest BCUT2D eigenvalue weighted by molar-refractivity contribution is 0.1000. The number of nitrogens with two attached hydrogens (primary N) is 1. The second-order valence-electron chi connectivity index (χ2n) is 4.51. The van der Waals surface area contributed by atoms with Crippen LogP contribution < -0.4 is 5.73 Å². The van der Waals surface area contributed by atoms with E-state index in [1.807, 2.05) is 0 Å². The van der Waals surface area contributed by atoms with Crippen molar-refractivity contribution in [3.05, 3.63) is 18.0 Å². The van der Waals surface area contributed by atoms with Crippen molar-refractivity contribution in [3.8, 4) is 6.07 Å². The van der Waals surface area contributed by atoms with Crippen LogP contribution in [0, 0.1) is 17.2 Å². The van der Waals surface area contributed by atoms with E-state index in [0.29, 0.717) is 5.56 Å². The first-order valence-corrected chi connectivity index (χ1v) is 5.96. The molecule has 1 aliphatic rings. The molecule has 1 heterocycles. The lowest BCUT2D eigenvalue weighted by Crippen LogP contribution is -2.18. The summed E-state index contributed by atoms with van der Waals surface area (Å²) >= 11 is 0. The Balaban J connectivity index is 2.23. The van der Waals surface area contributed by atoms with Crippen molar-refractivity contribution in [2.24, 2.45) is 11.7 Å². The average Bonchev–Trinajstić information content (AvgIpc) is 2.68. The summed E-state index contributed by atoms with van der Waals surface area (Å²) in [6.45, 7) is 0. The molecule has 0 radical (unpaired) electrons. The van der Waals surface area contributed by atoms with Crippen molar-refractivity contribution in [1.29, 1.82) is 5.26 Å². The molecular formula is C12H16N4O. The zero-order valence-electron chi connectivity index (χ0n) is 9.67. The topological polar surface area (TPSA) is 84.7 Å². The second kappa shape index (κ2) is 5.00. The van der Waals surface area contributed by atoms with Gasteiger partial charge in [0.25, 0.3) is 5.91 Å². The smallest absolute Gasteiger partial charge is 0.251 e. The van der Waals surface area contributed by atoms with Crippen molar-refractivity contribution in [2.45, 2.75) is 38.1 Å². The first-order valence-electron chi connectivity index (χ1n) is 5.96. The van der Waals surface area contributed by atoms with Gasteiger partial charge in [0, 0.05) is 6.20 Å². The van der Waals surface area contributed by atoms with Crippen LogP contribution in [0.15, 0.2) is 12.4 Å². The fourth-order valence-corrected chi connectivity index (χ4v) is 2.40. The Hall–Kier alpha value is -1.83. The van der Waals surface area contributed by atoms with Crippen LogP contribution in [0.25, 0.3) is 0 Å². The van der Waals surface area contributed by atoms with Gasteiger partial charge in [0.2, 0.25) is 0 Å². The molecule has 0 spiro atoms. The summed E-state index contributed by atoms with van der Waals surface area (Å²) in [6, 6.07) is 2.43. The van der Waals surface area contributed by atoms with Crippen molar-refractivity contribution >= 4 is 5.91 Å². The van der Waals surface area contributed by atoms with Crippen LogP contribution in [0.2, 0.25) is 0 Å². The van der Waals surface area contributed by atoms with Gasteiger partial charge in [0.05, 0.1) is 29.8 Å². The summed E-state index contributed by atoms with van der Waals surface area (Å²) in [4.78, 5) is 11.0. The number of hydrogen-bond donors (Lipinski definition) is 1. The first kappa shape index (κ1) is 11.6. The third kappa shape index (κ3) is 2.47. The number of nitriles is 1. The van der Waals surface area contributed by atoms with Crippen molar-refractivity contribution in [3.63, 3.8) is 0 Å². The number of nitrogens with zero attached hydrogens (tertiary/aromatic N) is 3. The van der Waals surface area contributed by atoms with E-state index in [9.17, 15) is 10.1 Å². The zero-order chi connectivity index (χ0) is 12.3. The quantitative estimate of drug-likeness (QED) is 0.786. The van der Waals surface area contributed by atoms with E-state index >= 15 is 0 Å². The van der Waals surface area contributed by atoms with Crippen molar-refractivity contribution in [1.82, 2.24) is 9.78 Å². The molecule has 0 aliphatic heterocycles. The summed E-state index contributed by atoms with van der Waals surface area (Å²) < 4.78 is 1.74. The predicted molar refractivity (Wildman–Crippen MR) is 62.0 cm³/mol. The molecule has 17 heavy (non-hydrogen) atoms. The van der Waals surface area contributed by atoms with Crippen molar-refractivity contribution < 1.29 is 4.79 Å². The normalized spacial score (nSPS) is 24.9. The minimum atomic E-state index is -0.474. The highest BCUT2D eigenvalue weighted by Crippen LogP contribution is 2.31. The van der Waals surface area contributed by atoms with Crippen molar-refractivity contribution in [2.75, 3.05) is 0 Å². The molecule has 5 heteroatoms. The van der Waals surface area contributed by atoms with E-state index in [2.05, 4.69) is 11.2 Å². The molecular weight excluding hydrogens is 216 g/mol. The van der Waals surface area contributed by atoms with E-state index in [1.54, 1.807) is 10.9 Å². The van der Waals surface area contributed by atoms with E-state index < -0.39 is 5.91 Å². The van der Waals surface area contributed by atoms with Crippen LogP contribution in [0.4, 0.5) is 0 Å². The molecule has 2 rings (SSSR count). The van der Waals surface area contributed by atoms with Gasteiger partial charge in [-0.05, 0) is 12.8 Å². The highest BCUT2D eigenvalue weighted by Gasteiger charge is 2.25. The minimum absolute atomic E-state index is 0.0156. The van der Waals surface area contributed by atoms with E-state index in [-0.39, 0.29) is 12.0 Å². The average molecular weight is 232 g/mol. The number of rotatable bonds is 2. The van der Waals surface area contributed by atoms with E-state index in [0.717, 1.165) is 25.7 Å². The molecule has 2 atom stereocenters. The molecule has 0 bridgehead atoms. The largest absolute Gasteiger partial charge is 0.366 e. The lowest BCUT2D eigenvalue weighted by Gasteiger charge is -2.19. The second-order valence-corrected chi connectivity index (χ2v) is 4.51. The number of amides is 1. The molecule has 5 nitrogen and oxygen atoms in total. The Morgan fingerprint density at radius 2 is 2.24 bits per heavy atom. The van der Waals surface area contributed by atoms with Gasteiger partial charge < -0.3 is 5.73 Å². The Kier molecular flexibility index (Phi) is 3.43. The Labute approximate surface area is 100 Å². The summed E-state index contributed by atoms with van der Waals surface area (Å²) in [5.74, 6) is -0.489. The molecule has 1 amide bonds. The third-order valence-electron chi connectivity index (χ3n) is 3.37. The molecule has 0 saturated heterocycles. The van der Waals surface area contributed by atoms with Gasteiger partial charge in [-0.3, -0.25) is 9.48 Å². The minimum Gasteiger partial charge on any atom is -0.366 e. The molecule has 2 unspecified atom stereocenters. The summed E-state index contributed by atoms with van der Waals surface area (Å²) in [5.41, 5.74) is 5.61. The van der Waals surface area contributed by atoms with Crippen LogP contribution in [-0.2, 0) is 0 Å². The summed E-state index contributed by atoms with van der Waals surface area (Å²) in [7, 11) is 0. The maximum atomic E-state index is 11.0. The molecule has 1 aromatic heterocycles. The Morgan fingerprint density at radius 1 is 1.47 bits per heavy atom. The molecule has 1 saturated carbocycles. The van der Waals surface area contributed by atoms with Gasteiger partial charge in [-0.2, -0.15) is 10.4 Å². The van der Waals surface area contributed by atoms with Crippen LogP contribution >= 0.6 is 0 Å². The number of carbonyl (C=O) groups excluding carboxylic acids is 1. The highest BCUT2D eigenvalue weighted by molar-refractivity contribution is 5.92.